The molecule has 2 rings (SSSR count). The van der Waals surface area contributed by atoms with Gasteiger partial charge in [-0.2, -0.15) is 14.6 Å². The van der Waals surface area contributed by atoms with Gasteiger partial charge in [-0.3, -0.25) is 0 Å². The lowest BCUT2D eigenvalue weighted by atomic mass is 10.2. The molecule has 0 spiro atoms. The van der Waals surface area contributed by atoms with E-state index in [-0.39, 0.29) is 6.61 Å². The molecule has 0 bridgehead atoms. The molecule has 0 fully saturated rings. The molecule has 2 heterocycles. The normalized spacial score (nSPS) is 10.5. The molecule has 2 aromatic rings. The number of aryl methyl sites for hydroxylation is 1. The summed E-state index contributed by atoms with van der Waals surface area (Å²) in [6, 6.07) is 0. The van der Waals surface area contributed by atoms with E-state index in [4.69, 9.17) is 4.74 Å². The maximum atomic E-state index is 11.0. The van der Waals surface area contributed by atoms with Crippen LogP contribution >= 0.6 is 0 Å². The largest absolute Gasteiger partial charge is 0.466 e. The van der Waals surface area contributed by atoms with Crippen molar-refractivity contribution >= 4 is 11.7 Å². The van der Waals surface area contributed by atoms with Crippen LogP contribution in [0.5, 0.6) is 5.88 Å². The molecule has 2 aromatic heterocycles. The van der Waals surface area contributed by atoms with Gasteiger partial charge in [-0.15, -0.1) is 0 Å². The molecule has 0 amide bonds. The molecular weight excluding hydrogens is 224 g/mol. The lowest BCUT2D eigenvalue weighted by Crippen LogP contribution is -2.15. The number of nitrogens with zero attached hydrogens (tertiary/aromatic N) is 4. The van der Waals surface area contributed by atoms with Gasteiger partial charge < -0.3 is 9.47 Å². The van der Waals surface area contributed by atoms with Crippen molar-refractivity contribution in [3.63, 3.8) is 0 Å². The Morgan fingerprint density at radius 3 is 2.94 bits per heavy atom. The zero-order valence-electron chi connectivity index (χ0n) is 9.80. The van der Waals surface area contributed by atoms with E-state index >= 15 is 0 Å². The summed E-state index contributed by atoms with van der Waals surface area (Å²) in [5.74, 6) is 0.440. The molecule has 7 heteroatoms. The zero-order chi connectivity index (χ0) is 12.4. The third-order valence-corrected chi connectivity index (χ3v) is 2.41. The highest BCUT2D eigenvalue weighted by atomic mass is 16.6. The standard InChI is InChI=1S/C10H12N4O3/c1-6-7(2)13-10-11-5-12-14(10)9(6)17-4-8(15)16-3/h5H,4H2,1-3H3. The Balaban J connectivity index is 2.40. The fourth-order valence-corrected chi connectivity index (χ4v) is 1.36. The topological polar surface area (TPSA) is 78.6 Å². The summed E-state index contributed by atoms with van der Waals surface area (Å²) in [6.07, 6.45) is 1.38. The first kappa shape index (κ1) is 11.3. The average Bonchev–Trinajstić information content (AvgIpc) is 2.76. The summed E-state index contributed by atoms with van der Waals surface area (Å²) in [5.41, 5.74) is 1.59. The van der Waals surface area contributed by atoms with Crippen molar-refractivity contribution in [3.8, 4) is 5.88 Å². The predicted octanol–water partition coefficient (Wildman–Crippen LogP) is 0.293. The monoisotopic (exact) mass is 236 g/mol. The Hall–Kier alpha value is -2.18. The van der Waals surface area contributed by atoms with Gasteiger partial charge in [0, 0.05) is 11.3 Å². The number of ether oxygens (including phenoxy) is 2. The van der Waals surface area contributed by atoms with E-state index in [1.54, 1.807) is 0 Å². The quantitative estimate of drug-likeness (QED) is 0.713. The molecule has 90 valence electrons. The first-order chi connectivity index (χ1) is 8.13. The van der Waals surface area contributed by atoms with E-state index in [9.17, 15) is 4.79 Å². The van der Waals surface area contributed by atoms with Gasteiger partial charge in [-0.05, 0) is 13.8 Å². The average molecular weight is 236 g/mol. The van der Waals surface area contributed by atoms with Gasteiger partial charge in [0.2, 0.25) is 5.88 Å². The molecule has 0 saturated carbocycles. The van der Waals surface area contributed by atoms with Gasteiger partial charge >= 0.3 is 5.97 Å². The van der Waals surface area contributed by atoms with E-state index < -0.39 is 5.97 Å². The van der Waals surface area contributed by atoms with Crippen molar-refractivity contribution in [3.05, 3.63) is 17.6 Å². The van der Waals surface area contributed by atoms with E-state index in [1.807, 2.05) is 13.8 Å². The third-order valence-electron chi connectivity index (χ3n) is 2.41. The maximum absolute atomic E-state index is 11.0. The Kier molecular flexibility index (Phi) is 2.90. The minimum Gasteiger partial charge on any atom is -0.466 e. The fourth-order valence-electron chi connectivity index (χ4n) is 1.36. The molecule has 0 radical (unpaired) electrons. The number of carbonyl (C=O) groups is 1. The van der Waals surface area contributed by atoms with Crippen LogP contribution < -0.4 is 4.74 Å². The minimum absolute atomic E-state index is 0.171. The molecule has 0 aliphatic carbocycles. The molecule has 7 nitrogen and oxygen atoms in total. The Morgan fingerprint density at radius 1 is 1.47 bits per heavy atom. The lowest BCUT2D eigenvalue weighted by Gasteiger charge is -2.10. The fraction of sp³-hybridized carbons (Fsp3) is 0.400. The van der Waals surface area contributed by atoms with E-state index in [1.165, 1.54) is 18.0 Å². The van der Waals surface area contributed by atoms with Gasteiger partial charge in [-0.1, -0.05) is 0 Å². The Bertz CT molecular complexity index is 564. The number of hydrogen-bond acceptors (Lipinski definition) is 6. The number of hydrogen-bond donors (Lipinski definition) is 0. The number of fused-ring (bicyclic) bond motifs is 1. The second-order valence-corrected chi connectivity index (χ2v) is 3.46. The van der Waals surface area contributed by atoms with Crippen molar-refractivity contribution in [1.82, 2.24) is 19.6 Å². The summed E-state index contributed by atoms with van der Waals surface area (Å²) >= 11 is 0. The summed E-state index contributed by atoms with van der Waals surface area (Å²) in [5, 5.41) is 3.99. The van der Waals surface area contributed by atoms with Crippen LogP contribution in [0.2, 0.25) is 0 Å². The smallest absolute Gasteiger partial charge is 0.343 e. The van der Waals surface area contributed by atoms with Crippen LogP contribution in [0.4, 0.5) is 0 Å². The van der Waals surface area contributed by atoms with Crippen molar-refractivity contribution < 1.29 is 14.3 Å². The second-order valence-electron chi connectivity index (χ2n) is 3.46. The van der Waals surface area contributed by atoms with Gasteiger partial charge in [0.15, 0.2) is 6.61 Å². The van der Waals surface area contributed by atoms with Crippen LogP contribution in [-0.4, -0.2) is 39.3 Å². The Morgan fingerprint density at radius 2 is 2.24 bits per heavy atom. The zero-order valence-corrected chi connectivity index (χ0v) is 9.80. The molecule has 0 aliphatic heterocycles. The van der Waals surface area contributed by atoms with Crippen molar-refractivity contribution in [2.24, 2.45) is 0 Å². The van der Waals surface area contributed by atoms with Gasteiger partial charge in [0.05, 0.1) is 7.11 Å². The van der Waals surface area contributed by atoms with Crippen LogP contribution in [-0.2, 0) is 9.53 Å². The van der Waals surface area contributed by atoms with Crippen LogP contribution in [0.15, 0.2) is 6.33 Å². The highest BCUT2D eigenvalue weighted by Crippen LogP contribution is 2.19. The van der Waals surface area contributed by atoms with Crippen LogP contribution in [0.25, 0.3) is 5.78 Å². The number of esters is 1. The van der Waals surface area contributed by atoms with Crippen molar-refractivity contribution in [2.45, 2.75) is 13.8 Å². The minimum atomic E-state index is -0.452. The number of aromatic nitrogens is 4. The van der Waals surface area contributed by atoms with Crippen LogP contribution in [0.3, 0.4) is 0 Å². The van der Waals surface area contributed by atoms with Gasteiger partial charge in [-0.25, -0.2) is 9.78 Å². The highest BCUT2D eigenvalue weighted by molar-refractivity contribution is 5.70. The first-order valence-corrected chi connectivity index (χ1v) is 5.00. The lowest BCUT2D eigenvalue weighted by molar-refractivity contribution is -0.143. The summed E-state index contributed by atoms with van der Waals surface area (Å²) in [6.45, 7) is 3.51. The van der Waals surface area contributed by atoms with Gasteiger partial charge in [0.25, 0.3) is 5.78 Å². The highest BCUT2D eigenvalue weighted by Gasteiger charge is 2.13. The van der Waals surface area contributed by atoms with Crippen molar-refractivity contribution in [2.75, 3.05) is 13.7 Å². The molecule has 0 saturated heterocycles. The van der Waals surface area contributed by atoms with Crippen LogP contribution in [0.1, 0.15) is 11.3 Å². The number of methoxy groups -OCH3 is 1. The van der Waals surface area contributed by atoms with E-state index in [0.29, 0.717) is 11.7 Å². The van der Waals surface area contributed by atoms with Crippen LogP contribution in [0, 0.1) is 13.8 Å². The summed E-state index contributed by atoms with van der Waals surface area (Å²) < 4.78 is 11.3. The molecule has 17 heavy (non-hydrogen) atoms. The molecule has 0 aromatic carbocycles. The SMILES string of the molecule is COC(=O)COc1c(C)c(C)nc2ncnn12. The third kappa shape index (κ3) is 2.03. The molecule has 0 unspecified atom stereocenters. The molecule has 0 N–H and O–H groups in total. The number of rotatable bonds is 3. The molecular formula is C10H12N4O3. The molecule has 0 aliphatic rings. The predicted molar refractivity (Wildman–Crippen MR) is 57.8 cm³/mol. The second kappa shape index (κ2) is 4.36. The molecule has 0 atom stereocenters. The van der Waals surface area contributed by atoms with Gasteiger partial charge in [0.1, 0.15) is 6.33 Å². The summed E-state index contributed by atoms with van der Waals surface area (Å²) in [7, 11) is 1.31. The first-order valence-electron chi connectivity index (χ1n) is 5.00. The maximum Gasteiger partial charge on any atom is 0.343 e. The van der Waals surface area contributed by atoms with E-state index in [2.05, 4.69) is 19.8 Å². The van der Waals surface area contributed by atoms with Crippen molar-refractivity contribution in [1.29, 1.82) is 0 Å². The summed E-state index contributed by atoms with van der Waals surface area (Å²) in [4.78, 5) is 19.3. The van der Waals surface area contributed by atoms with E-state index in [0.717, 1.165) is 11.3 Å². The number of carbonyl (C=O) groups excluding carboxylic acids is 1. The Labute approximate surface area is 97.4 Å².